The molecule has 0 aliphatic heterocycles. The highest BCUT2D eigenvalue weighted by molar-refractivity contribution is 7.99. The minimum Gasteiger partial charge on any atom is -0.308 e. The van der Waals surface area contributed by atoms with Gasteiger partial charge in [0.15, 0.2) is 0 Å². The molecular weight excluding hydrogens is 270 g/mol. The van der Waals surface area contributed by atoms with Crippen LogP contribution in [0.4, 0.5) is 0 Å². The summed E-state index contributed by atoms with van der Waals surface area (Å²) in [6, 6.07) is 0. The first-order valence-electron chi connectivity index (χ1n) is 7.47. The van der Waals surface area contributed by atoms with Gasteiger partial charge in [-0.1, -0.05) is 13.8 Å². The second-order valence-electron chi connectivity index (χ2n) is 5.77. The smallest absolute Gasteiger partial charge is 0.308 e. The summed E-state index contributed by atoms with van der Waals surface area (Å²) in [5, 5.41) is 1.50. The molecule has 0 saturated heterocycles. The number of fused-ring (bicyclic) bond motifs is 1. The Labute approximate surface area is 125 Å². The molecule has 1 heterocycles. The molecule has 1 atom stereocenters. The maximum absolute atomic E-state index is 12.3. The highest BCUT2D eigenvalue weighted by Gasteiger charge is 2.22. The molecule has 0 radical (unpaired) electrons. The Kier molecular flexibility index (Phi) is 5.27. The monoisotopic (exact) mass is 295 g/mol. The van der Waals surface area contributed by atoms with Crippen molar-refractivity contribution in [1.29, 1.82) is 0 Å². The van der Waals surface area contributed by atoms with Crippen LogP contribution in [-0.4, -0.2) is 40.3 Å². The Morgan fingerprint density at radius 3 is 2.80 bits per heavy atom. The molecule has 1 aromatic rings. The summed E-state index contributed by atoms with van der Waals surface area (Å²) in [7, 11) is 4.07. The quantitative estimate of drug-likeness (QED) is 0.595. The SMILES string of the molecule is CCC(C)Sc1nc(=O)n(CCN(C)C)c2c1CCC2. The number of hydrogen-bond donors (Lipinski definition) is 0. The van der Waals surface area contributed by atoms with Crippen molar-refractivity contribution in [1.82, 2.24) is 14.5 Å². The molecule has 20 heavy (non-hydrogen) atoms. The van der Waals surface area contributed by atoms with E-state index in [0.29, 0.717) is 5.25 Å². The van der Waals surface area contributed by atoms with Crippen molar-refractivity contribution < 1.29 is 0 Å². The standard InChI is InChI=1S/C15H25N3OS/c1-5-11(2)20-14-12-7-6-8-13(12)18(15(19)16-14)10-9-17(3)4/h11H,5-10H2,1-4H3. The molecule has 0 aromatic carbocycles. The van der Waals surface area contributed by atoms with Crippen molar-refractivity contribution in [2.24, 2.45) is 0 Å². The van der Waals surface area contributed by atoms with Crippen LogP contribution in [0, 0.1) is 0 Å². The lowest BCUT2D eigenvalue weighted by molar-refractivity contribution is 0.375. The third-order valence-electron chi connectivity index (χ3n) is 3.86. The van der Waals surface area contributed by atoms with E-state index in [2.05, 4.69) is 23.7 Å². The first-order valence-corrected chi connectivity index (χ1v) is 8.34. The van der Waals surface area contributed by atoms with Crippen LogP contribution in [-0.2, 0) is 19.4 Å². The fourth-order valence-electron chi connectivity index (χ4n) is 2.49. The first-order chi connectivity index (χ1) is 9.52. The minimum absolute atomic E-state index is 0.0710. The van der Waals surface area contributed by atoms with E-state index >= 15 is 0 Å². The third kappa shape index (κ3) is 3.44. The Balaban J connectivity index is 2.33. The molecule has 1 unspecified atom stereocenters. The first kappa shape index (κ1) is 15.6. The van der Waals surface area contributed by atoms with Gasteiger partial charge >= 0.3 is 5.69 Å². The molecule has 2 rings (SSSR count). The normalized spacial score (nSPS) is 15.7. The molecule has 0 bridgehead atoms. The van der Waals surface area contributed by atoms with Gasteiger partial charge in [-0.25, -0.2) is 4.79 Å². The highest BCUT2D eigenvalue weighted by Crippen LogP contribution is 2.32. The van der Waals surface area contributed by atoms with Crippen LogP contribution in [0.2, 0.25) is 0 Å². The van der Waals surface area contributed by atoms with Crippen molar-refractivity contribution >= 4 is 11.8 Å². The summed E-state index contributed by atoms with van der Waals surface area (Å²) in [6.07, 6.45) is 4.35. The van der Waals surface area contributed by atoms with Gasteiger partial charge in [0.05, 0.1) is 0 Å². The van der Waals surface area contributed by atoms with Crippen LogP contribution in [0.25, 0.3) is 0 Å². The van der Waals surface area contributed by atoms with Gasteiger partial charge in [-0.05, 0) is 39.8 Å². The molecule has 1 aliphatic rings. The second-order valence-corrected chi connectivity index (χ2v) is 7.20. The number of aromatic nitrogens is 2. The van der Waals surface area contributed by atoms with Gasteiger partial charge in [0.2, 0.25) is 0 Å². The zero-order chi connectivity index (χ0) is 14.7. The average molecular weight is 295 g/mol. The number of likely N-dealkylation sites (N-methyl/N-ethyl adjacent to an activating group) is 1. The van der Waals surface area contributed by atoms with Gasteiger partial charge in [-0.3, -0.25) is 4.57 Å². The number of thioether (sulfide) groups is 1. The summed E-state index contributed by atoms with van der Waals surface area (Å²) in [6.45, 7) is 6.00. The van der Waals surface area contributed by atoms with E-state index in [1.165, 1.54) is 11.3 Å². The fraction of sp³-hybridized carbons (Fsp3) is 0.733. The van der Waals surface area contributed by atoms with E-state index < -0.39 is 0 Å². The van der Waals surface area contributed by atoms with Crippen LogP contribution in [0.3, 0.4) is 0 Å². The van der Waals surface area contributed by atoms with Gasteiger partial charge in [0.1, 0.15) is 5.03 Å². The van der Waals surface area contributed by atoms with Crippen LogP contribution < -0.4 is 5.69 Å². The molecule has 0 amide bonds. The molecule has 4 nitrogen and oxygen atoms in total. The van der Waals surface area contributed by atoms with E-state index in [9.17, 15) is 4.79 Å². The lowest BCUT2D eigenvalue weighted by Crippen LogP contribution is -2.31. The van der Waals surface area contributed by atoms with Gasteiger partial charge in [-0.2, -0.15) is 4.98 Å². The Morgan fingerprint density at radius 1 is 1.40 bits per heavy atom. The Hall–Kier alpha value is -0.810. The molecule has 112 valence electrons. The molecule has 5 heteroatoms. The van der Waals surface area contributed by atoms with E-state index in [0.717, 1.165) is 43.8 Å². The van der Waals surface area contributed by atoms with Gasteiger partial charge < -0.3 is 4.90 Å². The van der Waals surface area contributed by atoms with E-state index in [1.807, 2.05) is 18.7 Å². The summed E-state index contributed by atoms with van der Waals surface area (Å²) in [4.78, 5) is 18.8. The van der Waals surface area contributed by atoms with Gasteiger partial charge in [0, 0.05) is 29.6 Å². The summed E-state index contributed by atoms with van der Waals surface area (Å²) in [5.41, 5.74) is 2.49. The van der Waals surface area contributed by atoms with Gasteiger partial charge in [0.25, 0.3) is 0 Å². The predicted molar refractivity (Wildman–Crippen MR) is 84.7 cm³/mol. The molecule has 0 N–H and O–H groups in total. The summed E-state index contributed by atoms with van der Waals surface area (Å²) in [5.74, 6) is 0. The van der Waals surface area contributed by atoms with Crippen LogP contribution in [0.5, 0.6) is 0 Å². The molecule has 1 aromatic heterocycles. The molecule has 0 fully saturated rings. The van der Waals surface area contributed by atoms with E-state index in [1.54, 1.807) is 11.8 Å². The van der Waals surface area contributed by atoms with Gasteiger partial charge in [-0.15, -0.1) is 11.8 Å². The van der Waals surface area contributed by atoms with Crippen molar-refractivity contribution in [2.75, 3.05) is 20.6 Å². The van der Waals surface area contributed by atoms with Crippen molar-refractivity contribution in [3.63, 3.8) is 0 Å². The van der Waals surface area contributed by atoms with Crippen LogP contribution in [0.15, 0.2) is 9.82 Å². The maximum Gasteiger partial charge on any atom is 0.348 e. The number of rotatable bonds is 6. The third-order valence-corrected chi connectivity index (χ3v) is 5.16. The fourth-order valence-corrected chi connectivity index (χ4v) is 3.53. The Morgan fingerprint density at radius 2 is 2.15 bits per heavy atom. The summed E-state index contributed by atoms with van der Waals surface area (Å²) >= 11 is 1.76. The van der Waals surface area contributed by atoms with Crippen LogP contribution >= 0.6 is 11.8 Å². The van der Waals surface area contributed by atoms with Crippen molar-refractivity contribution in [2.45, 2.75) is 56.4 Å². The lowest BCUT2D eigenvalue weighted by atomic mass is 10.2. The minimum atomic E-state index is -0.0710. The number of nitrogens with zero attached hydrogens (tertiary/aromatic N) is 3. The molecular formula is C15H25N3OS. The zero-order valence-corrected chi connectivity index (χ0v) is 13.8. The van der Waals surface area contributed by atoms with E-state index in [4.69, 9.17) is 0 Å². The maximum atomic E-state index is 12.3. The molecule has 0 saturated carbocycles. The highest BCUT2D eigenvalue weighted by atomic mass is 32.2. The van der Waals surface area contributed by atoms with Crippen molar-refractivity contribution in [3.8, 4) is 0 Å². The number of hydrogen-bond acceptors (Lipinski definition) is 4. The Bertz CT molecular complexity index is 525. The largest absolute Gasteiger partial charge is 0.348 e. The predicted octanol–water partition coefficient (Wildman–Crippen LogP) is 2.18. The second kappa shape index (κ2) is 6.76. The molecule has 1 aliphatic carbocycles. The topological polar surface area (TPSA) is 38.1 Å². The van der Waals surface area contributed by atoms with E-state index in [-0.39, 0.29) is 5.69 Å². The lowest BCUT2D eigenvalue weighted by Gasteiger charge is -2.17. The average Bonchev–Trinajstić information content (AvgIpc) is 2.87. The zero-order valence-electron chi connectivity index (χ0n) is 13.0. The van der Waals surface area contributed by atoms with Crippen LogP contribution in [0.1, 0.15) is 37.9 Å². The molecule has 0 spiro atoms. The summed E-state index contributed by atoms with van der Waals surface area (Å²) < 4.78 is 1.89. The van der Waals surface area contributed by atoms with Crippen molar-refractivity contribution in [3.05, 3.63) is 21.7 Å².